The number of hydrogen-bond donors (Lipinski definition) is 1. The summed E-state index contributed by atoms with van der Waals surface area (Å²) in [7, 11) is 0. The predicted molar refractivity (Wildman–Crippen MR) is 58.9 cm³/mol. The van der Waals surface area contributed by atoms with Crippen molar-refractivity contribution in [1.82, 2.24) is 10.5 Å². The quantitative estimate of drug-likeness (QED) is 0.865. The van der Waals surface area contributed by atoms with Gasteiger partial charge < -0.3 is 14.6 Å². The van der Waals surface area contributed by atoms with Crippen molar-refractivity contribution >= 4 is 6.09 Å². The molecule has 0 aromatic carbocycles. The van der Waals surface area contributed by atoms with Crippen LogP contribution in [0.2, 0.25) is 0 Å². The minimum Gasteiger partial charge on any atom is -0.444 e. The van der Waals surface area contributed by atoms with Crippen LogP contribution in [0.5, 0.6) is 0 Å². The molecular formula is C11H15N3O3. The van der Waals surface area contributed by atoms with Crippen molar-refractivity contribution in [3.63, 3.8) is 0 Å². The molecule has 0 bridgehead atoms. The number of ether oxygens (including phenoxy) is 1. The van der Waals surface area contributed by atoms with E-state index in [1.165, 1.54) is 0 Å². The zero-order valence-corrected chi connectivity index (χ0v) is 10.1. The van der Waals surface area contributed by atoms with Gasteiger partial charge in [-0.05, 0) is 20.8 Å². The van der Waals surface area contributed by atoms with Crippen LogP contribution in [0.15, 0.2) is 10.6 Å². The maximum absolute atomic E-state index is 11.3. The van der Waals surface area contributed by atoms with Crippen LogP contribution in [-0.4, -0.2) is 16.9 Å². The zero-order valence-electron chi connectivity index (χ0n) is 10.1. The van der Waals surface area contributed by atoms with E-state index >= 15 is 0 Å². The summed E-state index contributed by atoms with van der Waals surface area (Å²) < 4.78 is 9.98. The van der Waals surface area contributed by atoms with E-state index in [0.717, 1.165) is 0 Å². The highest BCUT2D eigenvalue weighted by molar-refractivity contribution is 5.67. The standard InChI is InChI=1S/C11H15N3O3/c1-11(2,3)16-10(15)13-7-9-6-8(4-5-12)14-17-9/h6H,4,7H2,1-3H3,(H,13,15). The Kier molecular flexibility index (Phi) is 4.10. The summed E-state index contributed by atoms with van der Waals surface area (Å²) in [5.74, 6) is 0.487. The van der Waals surface area contributed by atoms with E-state index in [2.05, 4.69) is 10.5 Å². The van der Waals surface area contributed by atoms with E-state index in [4.69, 9.17) is 14.5 Å². The molecule has 1 heterocycles. The zero-order chi connectivity index (χ0) is 12.9. The fourth-order valence-corrected chi connectivity index (χ4v) is 1.08. The third-order valence-electron chi connectivity index (χ3n) is 1.67. The Bertz CT molecular complexity index is 426. The molecule has 1 amide bonds. The minimum atomic E-state index is -0.530. The van der Waals surface area contributed by atoms with Gasteiger partial charge in [0.25, 0.3) is 0 Å². The predicted octanol–water partition coefficient (Wildman–Crippen LogP) is 1.77. The van der Waals surface area contributed by atoms with E-state index in [0.29, 0.717) is 11.5 Å². The number of nitriles is 1. The summed E-state index contributed by atoms with van der Waals surface area (Å²) in [5, 5.41) is 14.7. The number of aromatic nitrogens is 1. The number of carbonyl (C=O) groups excluding carboxylic acids is 1. The van der Waals surface area contributed by atoms with Gasteiger partial charge in [-0.3, -0.25) is 0 Å². The fourth-order valence-electron chi connectivity index (χ4n) is 1.08. The SMILES string of the molecule is CC(C)(C)OC(=O)NCc1cc(CC#N)no1. The molecule has 6 heteroatoms. The maximum atomic E-state index is 11.3. The van der Waals surface area contributed by atoms with Crippen LogP contribution in [0, 0.1) is 11.3 Å². The molecule has 0 saturated carbocycles. The highest BCUT2D eigenvalue weighted by atomic mass is 16.6. The number of alkyl carbamates (subject to hydrolysis) is 1. The monoisotopic (exact) mass is 237 g/mol. The Morgan fingerprint density at radius 1 is 1.65 bits per heavy atom. The van der Waals surface area contributed by atoms with Crippen molar-refractivity contribution in [2.45, 2.75) is 39.3 Å². The number of rotatable bonds is 3. The van der Waals surface area contributed by atoms with Gasteiger partial charge in [0.2, 0.25) is 0 Å². The molecule has 6 nitrogen and oxygen atoms in total. The highest BCUT2D eigenvalue weighted by Crippen LogP contribution is 2.07. The molecule has 17 heavy (non-hydrogen) atoms. The summed E-state index contributed by atoms with van der Waals surface area (Å²) in [6.45, 7) is 5.54. The molecule has 0 aliphatic carbocycles. The molecule has 0 aliphatic heterocycles. The number of hydrogen-bond acceptors (Lipinski definition) is 5. The largest absolute Gasteiger partial charge is 0.444 e. The number of nitrogens with one attached hydrogen (secondary N) is 1. The van der Waals surface area contributed by atoms with Crippen LogP contribution in [0.1, 0.15) is 32.2 Å². The molecule has 0 unspecified atom stereocenters. The average Bonchev–Trinajstić information content (AvgIpc) is 2.61. The fraction of sp³-hybridized carbons (Fsp3) is 0.545. The highest BCUT2D eigenvalue weighted by Gasteiger charge is 2.16. The van der Waals surface area contributed by atoms with Gasteiger partial charge in [0.1, 0.15) is 5.60 Å². The molecule has 0 spiro atoms. The van der Waals surface area contributed by atoms with Gasteiger partial charge in [-0.1, -0.05) is 5.16 Å². The molecule has 0 saturated heterocycles. The average molecular weight is 237 g/mol. The summed E-state index contributed by atoms with van der Waals surface area (Å²) in [5.41, 5.74) is 0.0192. The lowest BCUT2D eigenvalue weighted by molar-refractivity contribution is 0.0519. The topological polar surface area (TPSA) is 88.1 Å². The first kappa shape index (κ1) is 13.0. The Balaban J connectivity index is 2.40. The lowest BCUT2D eigenvalue weighted by atomic mass is 10.2. The Labute approximate surface area is 99.5 Å². The molecule has 1 rings (SSSR count). The van der Waals surface area contributed by atoms with Gasteiger partial charge in [0.15, 0.2) is 5.76 Å². The summed E-state index contributed by atoms with van der Waals surface area (Å²) in [6, 6.07) is 3.58. The smallest absolute Gasteiger partial charge is 0.408 e. The minimum absolute atomic E-state index is 0.188. The molecule has 1 aromatic heterocycles. The van der Waals surface area contributed by atoms with Crippen LogP contribution >= 0.6 is 0 Å². The van der Waals surface area contributed by atoms with Crippen molar-refractivity contribution < 1.29 is 14.1 Å². The van der Waals surface area contributed by atoms with Gasteiger partial charge in [0.05, 0.1) is 24.7 Å². The van der Waals surface area contributed by atoms with Crippen molar-refractivity contribution in [2.24, 2.45) is 0 Å². The Hall–Kier alpha value is -2.03. The Morgan fingerprint density at radius 3 is 2.94 bits per heavy atom. The lowest BCUT2D eigenvalue weighted by Crippen LogP contribution is -2.32. The summed E-state index contributed by atoms with van der Waals surface area (Å²) in [4.78, 5) is 11.3. The number of amides is 1. The van der Waals surface area contributed by atoms with Gasteiger partial charge in [-0.25, -0.2) is 4.79 Å². The first-order chi connectivity index (χ1) is 7.90. The van der Waals surface area contributed by atoms with E-state index in [1.54, 1.807) is 26.8 Å². The normalized spacial score (nSPS) is 10.7. The number of nitrogens with zero attached hydrogens (tertiary/aromatic N) is 2. The molecule has 0 fully saturated rings. The summed E-state index contributed by atoms with van der Waals surface area (Å²) in [6.07, 6.45) is -0.327. The van der Waals surface area contributed by atoms with Gasteiger partial charge in [-0.15, -0.1) is 0 Å². The first-order valence-electron chi connectivity index (χ1n) is 5.19. The second-order valence-corrected chi connectivity index (χ2v) is 4.47. The molecule has 92 valence electrons. The van der Waals surface area contributed by atoms with Crippen LogP contribution < -0.4 is 5.32 Å². The van der Waals surface area contributed by atoms with E-state index in [9.17, 15) is 4.79 Å². The van der Waals surface area contributed by atoms with E-state index in [-0.39, 0.29) is 13.0 Å². The van der Waals surface area contributed by atoms with E-state index in [1.807, 2.05) is 6.07 Å². The Morgan fingerprint density at radius 2 is 2.35 bits per heavy atom. The molecule has 1 aromatic rings. The maximum Gasteiger partial charge on any atom is 0.408 e. The van der Waals surface area contributed by atoms with Crippen LogP contribution in [0.25, 0.3) is 0 Å². The first-order valence-corrected chi connectivity index (χ1v) is 5.19. The molecule has 0 aliphatic rings. The molecular weight excluding hydrogens is 222 g/mol. The molecule has 1 N–H and O–H groups in total. The van der Waals surface area contributed by atoms with Crippen molar-refractivity contribution in [2.75, 3.05) is 0 Å². The second kappa shape index (κ2) is 5.34. The van der Waals surface area contributed by atoms with E-state index < -0.39 is 11.7 Å². The van der Waals surface area contributed by atoms with Gasteiger partial charge in [-0.2, -0.15) is 5.26 Å². The molecule has 0 atom stereocenters. The van der Waals surface area contributed by atoms with Gasteiger partial charge >= 0.3 is 6.09 Å². The lowest BCUT2D eigenvalue weighted by Gasteiger charge is -2.19. The van der Waals surface area contributed by atoms with Crippen LogP contribution in [-0.2, 0) is 17.7 Å². The second-order valence-electron chi connectivity index (χ2n) is 4.47. The summed E-state index contributed by atoms with van der Waals surface area (Å²) >= 11 is 0. The van der Waals surface area contributed by atoms with Crippen LogP contribution in [0.4, 0.5) is 4.79 Å². The van der Waals surface area contributed by atoms with Crippen LogP contribution in [0.3, 0.4) is 0 Å². The third kappa shape index (κ3) is 5.02. The van der Waals surface area contributed by atoms with Crippen molar-refractivity contribution in [3.05, 3.63) is 17.5 Å². The van der Waals surface area contributed by atoms with Crippen molar-refractivity contribution in [1.29, 1.82) is 5.26 Å². The van der Waals surface area contributed by atoms with Crippen molar-refractivity contribution in [3.8, 4) is 6.07 Å². The number of carbonyl (C=O) groups is 1. The third-order valence-corrected chi connectivity index (χ3v) is 1.67. The van der Waals surface area contributed by atoms with Gasteiger partial charge in [0, 0.05) is 6.07 Å². The molecule has 0 radical (unpaired) electrons.